The van der Waals surface area contributed by atoms with Gasteiger partial charge < -0.3 is 9.64 Å². The molecule has 132 valence electrons. The number of esters is 1. The van der Waals surface area contributed by atoms with Crippen molar-refractivity contribution in [3.8, 4) is 9.88 Å². The van der Waals surface area contributed by atoms with Crippen LogP contribution in [0.2, 0.25) is 0 Å². The van der Waals surface area contributed by atoms with Crippen LogP contribution in [-0.4, -0.2) is 30.0 Å². The molecule has 1 aromatic carbocycles. The van der Waals surface area contributed by atoms with Crippen LogP contribution in [-0.2, 0) is 9.53 Å². The second-order valence-electron chi connectivity index (χ2n) is 5.22. The van der Waals surface area contributed by atoms with E-state index in [1.165, 1.54) is 16.2 Å². The van der Waals surface area contributed by atoms with Crippen LogP contribution in [0.1, 0.15) is 10.5 Å². The maximum Gasteiger partial charge on any atom is 0.358 e. The molecule has 0 atom stereocenters. The van der Waals surface area contributed by atoms with Gasteiger partial charge in [-0.2, -0.15) is 0 Å². The van der Waals surface area contributed by atoms with Gasteiger partial charge in [-0.3, -0.25) is 4.79 Å². The van der Waals surface area contributed by atoms with Gasteiger partial charge in [0, 0.05) is 17.6 Å². The predicted molar refractivity (Wildman–Crippen MR) is 105 cm³/mol. The fourth-order valence-electron chi connectivity index (χ4n) is 2.25. The number of para-hydroxylation sites is 1. The highest BCUT2D eigenvalue weighted by Crippen LogP contribution is 2.28. The molecule has 0 N–H and O–H groups in total. The topological polar surface area (TPSA) is 59.5 Å². The van der Waals surface area contributed by atoms with Crippen molar-refractivity contribution in [2.45, 2.75) is 0 Å². The van der Waals surface area contributed by atoms with E-state index in [4.69, 9.17) is 4.74 Å². The van der Waals surface area contributed by atoms with Gasteiger partial charge in [-0.05, 0) is 23.6 Å². The number of rotatable bonds is 7. The first-order valence-corrected chi connectivity index (χ1v) is 9.58. The molecule has 3 aromatic rings. The number of nitrogens with zero attached hydrogens (tertiary/aromatic N) is 2. The number of hydrogen-bond donors (Lipinski definition) is 0. The summed E-state index contributed by atoms with van der Waals surface area (Å²) >= 11 is 2.92. The molecule has 2 aromatic heterocycles. The van der Waals surface area contributed by atoms with E-state index >= 15 is 0 Å². The molecule has 0 fully saturated rings. The summed E-state index contributed by atoms with van der Waals surface area (Å²) in [5.74, 6) is -0.929. The average molecular weight is 384 g/mol. The van der Waals surface area contributed by atoms with Gasteiger partial charge in [-0.25, -0.2) is 9.78 Å². The van der Waals surface area contributed by atoms with Gasteiger partial charge in [-0.15, -0.1) is 29.3 Å². The van der Waals surface area contributed by atoms with Crippen LogP contribution in [0.4, 0.5) is 5.69 Å². The molecular formula is C19H16N2O3S2. The highest BCUT2D eigenvalue weighted by atomic mass is 32.1. The lowest BCUT2D eigenvalue weighted by molar-refractivity contribution is -0.121. The van der Waals surface area contributed by atoms with Crippen LogP contribution in [0, 0.1) is 0 Å². The Labute approximate surface area is 159 Å². The number of thiazole rings is 1. The monoisotopic (exact) mass is 384 g/mol. The Bertz CT molecular complexity index is 889. The normalized spacial score (nSPS) is 10.3. The Kier molecular flexibility index (Phi) is 5.93. The van der Waals surface area contributed by atoms with Crippen molar-refractivity contribution < 1.29 is 14.3 Å². The first-order chi connectivity index (χ1) is 12.7. The molecule has 0 saturated carbocycles. The molecule has 0 unspecified atom stereocenters. The van der Waals surface area contributed by atoms with E-state index in [2.05, 4.69) is 11.6 Å². The van der Waals surface area contributed by atoms with E-state index < -0.39 is 5.97 Å². The molecule has 0 saturated heterocycles. The fraction of sp³-hybridized carbons (Fsp3) is 0.105. The standard InChI is InChI=1S/C19H16N2O3S2/c1-2-10-21(14-7-4-3-5-8-14)17(22)12-24-19(23)15-13-26-18(20-15)16-9-6-11-25-16/h2-9,11,13H,1,10,12H2. The lowest BCUT2D eigenvalue weighted by atomic mass is 10.3. The van der Waals surface area contributed by atoms with Crippen molar-refractivity contribution >= 4 is 40.2 Å². The number of ether oxygens (including phenoxy) is 1. The largest absolute Gasteiger partial charge is 0.451 e. The Hall–Kier alpha value is -2.77. The summed E-state index contributed by atoms with van der Waals surface area (Å²) in [5.41, 5.74) is 0.934. The lowest BCUT2D eigenvalue weighted by Gasteiger charge is -2.20. The van der Waals surface area contributed by atoms with E-state index in [0.717, 1.165) is 15.6 Å². The maximum absolute atomic E-state index is 12.4. The van der Waals surface area contributed by atoms with Gasteiger partial charge in [0.1, 0.15) is 5.01 Å². The van der Waals surface area contributed by atoms with E-state index in [9.17, 15) is 9.59 Å². The van der Waals surface area contributed by atoms with Crippen LogP contribution in [0.3, 0.4) is 0 Å². The lowest BCUT2D eigenvalue weighted by Crippen LogP contribution is -2.34. The number of anilines is 1. The Morgan fingerprint density at radius 2 is 1.96 bits per heavy atom. The second-order valence-corrected chi connectivity index (χ2v) is 7.03. The summed E-state index contributed by atoms with van der Waals surface area (Å²) in [6, 6.07) is 13.0. The molecule has 26 heavy (non-hydrogen) atoms. The Morgan fingerprint density at radius 1 is 1.15 bits per heavy atom. The van der Waals surface area contributed by atoms with E-state index in [1.807, 2.05) is 47.8 Å². The first kappa shape index (κ1) is 18.0. The Balaban J connectivity index is 1.63. The minimum atomic E-state index is -0.607. The zero-order valence-corrected chi connectivity index (χ0v) is 15.5. The molecule has 0 aliphatic rings. The minimum Gasteiger partial charge on any atom is -0.451 e. The molecule has 7 heteroatoms. The number of benzene rings is 1. The van der Waals surface area contributed by atoms with Crippen molar-refractivity contribution in [3.05, 3.63) is 71.6 Å². The molecular weight excluding hydrogens is 368 g/mol. The summed E-state index contributed by atoms with van der Waals surface area (Å²) in [7, 11) is 0. The van der Waals surface area contributed by atoms with Gasteiger partial charge in [0.25, 0.3) is 5.91 Å². The van der Waals surface area contributed by atoms with Crippen molar-refractivity contribution in [1.29, 1.82) is 0 Å². The third-order valence-corrected chi connectivity index (χ3v) is 5.33. The summed E-state index contributed by atoms with van der Waals surface area (Å²) < 4.78 is 5.15. The van der Waals surface area contributed by atoms with Gasteiger partial charge in [-0.1, -0.05) is 30.3 Å². The summed E-state index contributed by atoms with van der Waals surface area (Å²) in [4.78, 5) is 31.4. The summed E-state index contributed by atoms with van der Waals surface area (Å²) in [6.07, 6.45) is 1.63. The van der Waals surface area contributed by atoms with Crippen LogP contribution in [0.25, 0.3) is 9.88 Å². The number of aromatic nitrogens is 1. The number of carbonyl (C=O) groups excluding carboxylic acids is 2. The SMILES string of the molecule is C=CCN(C(=O)COC(=O)c1csc(-c2cccs2)n1)c1ccccc1. The van der Waals surface area contributed by atoms with Crippen molar-refractivity contribution in [3.63, 3.8) is 0 Å². The molecule has 0 aliphatic carbocycles. The average Bonchev–Trinajstić information content (AvgIpc) is 3.36. The fourth-order valence-corrected chi connectivity index (χ4v) is 3.85. The second kappa shape index (κ2) is 8.55. The highest BCUT2D eigenvalue weighted by molar-refractivity contribution is 7.20. The minimum absolute atomic E-state index is 0.209. The smallest absolute Gasteiger partial charge is 0.358 e. The molecule has 0 radical (unpaired) electrons. The molecule has 0 aliphatic heterocycles. The maximum atomic E-state index is 12.4. The number of carbonyl (C=O) groups is 2. The van der Waals surface area contributed by atoms with Gasteiger partial charge in [0.05, 0.1) is 4.88 Å². The van der Waals surface area contributed by atoms with Crippen LogP contribution < -0.4 is 4.90 Å². The molecule has 2 heterocycles. The summed E-state index contributed by atoms with van der Waals surface area (Å²) in [5, 5.41) is 4.35. The third-order valence-electron chi connectivity index (χ3n) is 3.45. The predicted octanol–water partition coefficient (Wildman–Crippen LogP) is 4.25. The van der Waals surface area contributed by atoms with Crippen molar-refractivity contribution in [2.24, 2.45) is 0 Å². The number of thiophene rings is 1. The van der Waals surface area contributed by atoms with E-state index in [0.29, 0.717) is 6.54 Å². The summed E-state index contributed by atoms with van der Waals surface area (Å²) in [6.45, 7) is 3.65. The zero-order valence-electron chi connectivity index (χ0n) is 13.8. The highest BCUT2D eigenvalue weighted by Gasteiger charge is 2.19. The Morgan fingerprint density at radius 3 is 2.65 bits per heavy atom. The number of amides is 1. The van der Waals surface area contributed by atoms with Crippen LogP contribution >= 0.6 is 22.7 Å². The van der Waals surface area contributed by atoms with Gasteiger partial charge in [0.2, 0.25) is 0 Å². The molecule has 0 bridgehead atoms. The van der Waals surface area contributed by atoms with Crippen LogP contribution in [0.5, 0.6) is 0 Å². The van der Waals surface area contributed by atoms with Crippen LogP contribution in [0.15, 0.2) is 65.9 Å². The van der Waals surface area contributed by atoms with Gasteiger partial charge >= 0.3 is 5.97 Å². The molecule has 5 nitrogen and oxygen atoms in total. The third kappa shape index (κ3) is 4.25. The zero-order chi connectivity index (χ0) is 18.4. The quantitative estimate of drug-likeness (QED) is 0.451. The van der Waals surface area contributed by atoms with E-state index in [-0.39, 0.29) is 18.2 Å². The molecule has 0 spiro atoms. The first-order valence-electron chi connectivity index (χ1n) is 7.82. The van der Waals surface area contributed by atoms with Crippen molar-refractivity contribution in [2.75, 3.05) is 18.1 Å². The molecule has 1 amide bonds. The number of hydrogen-bond acceptors (Lipinski definition) is 6. The van der Waals surface area contributed by atoms with Gasteiger partial charge in [0.15, 0.2) is 12.3 Å². The van der Waals surface area contributed by atoms with Crippen molar-refractivity contribution in [1.82, 2.24) is 4.98 Å². The molecule has 3 rings (SSSR count). The van der Waals surface area contributed by atoms with E-state index in [1.54, 1.807) is 22.8 Å².